The lowest BCUT2D eigenvalue weighted by Crippen LogP contribution is -1.95. The minimum Gasteiger partial charge on any atom is -0.295 e. The first-order valence-electron chi connectivity index (χ1n) is 5.01. The van der Waals surface area contributed by atoms with Gasteiger partial charge in [-0.2, -0.15) is 10.2 Å². The Morgan fingerprint density at radius 2 is 1.31 bits per heavy atom. The summed E-state index contributed by atoms with van der Waals surface area (Å²) >= 11 is 0. The average molecular weight is 220 g/mol. The SMILES string of the molecule is CNN=NCc1ccccc1CN=NNC. The molecule has 0 saturated heterocycles. The monoisotopic (exact) mass is 220 g/mol. The predicted octanol–water partition coefficient (Wildman–Crippen LogP) is 1.86. The van der Waals surface area contributed by atoms with E-state index in [1.807, 2.05) is 24.3 Å². The van der Waals surface area contributed by atoms with Crippen LogP contribution in [0.5, 0.6) is 0 Å². The van der Waals surface area contributed by atoms with Crippen LogP contribution in [0.4, 0.5) is 0 Å². The Balaban J connectivity index is 2.67. The van der Waals surface area contributed by atoms with Crippen LogP contribution in [0.3, 0.4) is 0 Å². The molecule has 1 rings (SSSR count). The Kier molecular flexibility index (Phi) is 5.54. The van der Waals surface area contributed by atoms with E-state index in [0.717, 1.165) is 11.1 Å². The summed E-state index contributed by atoms with van der Waals surface area (Å²) < 4.78 is 0. The Bertz CT molecular complexity index is 325. The van der Waals surface area contributed by atoms with Crippen molar-refractivity contribution in [2.75, 3.05) is 14.1 Å². The third kappa shape index (κ3) is 4.04. The summed E-state index contributed by atoms with van der Waals surface area (Å²) in [7, 11) is 3.44. The molecule has 0 bridgehead atoms. The van der Waals surface area contributed by atoms with Crippen molar-refractivity contribution in [2.24, 2.45) is 20.7 Å². The van der Waals surface area contributed by atoms with Crippen LogP contribution >= 0.6 is 0 Å². The molecule has 0 aliphatic heterocycles. The molecule has 0 aliphatic rings. The van der Waals surface area contributed by atoms with E-state index in [0.29, 0.717) is 13.1 Å². The molecule has 0 aromatic heterocycles. The Morgan fingerprint density at radius 3 is 1.69 bits per heavy atom. The van der Waals surface area contributed by atoms with Crippen molar-refractivity contribution in [1.82, 2.24) is 10.9 Å². The molecule has 0 radical (unpaired) electrons. The molecule has 0 aliphatic carbocycles. The predicted molar refractivity (Wildman–Crippen MR) is 61.7 cm³/mol. The number of hydrogen-bond acceptors (Lipinski definition) is 4. The lowest BCUT2D eigenvalue weighted by molar-refractivity contribution is 0.742. The van der Waals surface area contributed by atoms with E-state index < -0.39 is 0 Å². The molecule has 0 unspecified atom stereocenters. The van der Waals surface area contributed by atoms with Gasteiger partial charge in [0.2, 0.25) is 0 Å². The maximum absolute atomic E-state index is 3.97. The van der Waals surface area contributed by atoms with Gasteiger partial charge in [-0.1, -0.05) is 34.7 Å². The van der Waals surface area contributed by atoms with Gasteiger partial charge in [0.1, 0.15) is 0 Å². The molecule has 0 atom stereocenters. The maximum Gasteiger partial charge on any atom is 0.0874 e. The molecular formula is C10H16N6. The van der Waals surface area contributed by atoms with Crippen molar-refractivity contribution in [2.45, 2.75) is 13.1 Å². The summed E-state index contributed by atoms with van der Waals surface area (Å²) in [4.78, 5) is 0. The quantitative estimate of drug-likeness (QED) is 0.567. The van der Waals surface area contributed by atoms with Crippen molar-refractivity contribution >= 4 is 0 Å². The Morgan fingerprint density at radius 1 is 0.875 bits per heavy atom. The highest BCUT2D eigenvalue weighted by atomic mass is 15.4. The fourth-order valence-corrected chi connectivity index (χ4v) is 1.23. The first-order valence-corrected chi connectivity index (χ1v) is 5.01. The van der Waals surface area contributed by atoms with Gasteiger partial charge in [0.25, 0.3) is 0 Å². The molecule has 6 heteroatoms. The van der Waals surface area contributed by atoms with Gasteiger partial charge in [-0.15, -0.1) is 0 Å². The van der Waals surface area contributed by atoms with Crippen molar-refractivity contribution in [3.63, 3.8) is 0 Å². The maximum atomic E-state index is 3.97. The van der Waals surface area contributed by atoms with Gasteiger partial charge in [0, 0.05) is 14.1 Å². The molecule has 2 N–H and O–H groups in total. The summed E-state index contributed by atoms with van der Waals surface area (Å²) in [6, 6.07) is 7.98. The highest BCUT2D eigenvalue weighted by molar-refractivity contribution is 5.26. The second kappa shape index (κ2) is 7.33. The average Bonchev–Trinajstić information content (AvgIpc) is 2.32. The molecule has 6 nitrogen and oxygen atoms in total. The van der Waals surface area contributed by atoms with Gasteiger partial charge in [0.15, 0.2) is 0 Å². The number of benzene rings is 1. The van der Waals surface area contributed by atoms with E-state index in [2.05, 4.69) is 31.5 Å². The minimum atomic E-state index is 0.548. The minimum absolute atomic E-state index is 0.548. The fourth-order valence-electron chi connectivity index (χ4n) is 1.23. The summed E-state index contributed by atoms with van der Waals surface area (Å²) in [5, 5.41) is 15.4. The van der Waals surface area contributed by atoms with Crippen LogP contribution in [-0.2, 0) is 13.1 Å². The molecule has 0 spiro atoms. The van der Waals surface area contributed by atoms with Crippen molar-refractivity contribution in [1.29, 1.82) is 0 Å². The van der Waals surface area contributed by atoms with E-state index >= 15 is 0 Å². The smallest absolute Gasteiger partial charge is 0.0874 e. The highest BCUT2D eigenvalue weighted by Gasteiger charge is 1.99. The van der Waals surface area contributed by atoms with Crippen LogP contribution in [-0.4, -0.2) is 14.1 Å². The topological polar surface area (TPSA) is 73.5 Å². The second-order valence-corrected chi connectivity index (χ2v) is 3.01. The van der Waals surface area contributed by atoms with E-state index in [9.17, 15) is 0 Å². The molecular weight excluding hydrogens is 204 g/mol. The summed E-state index contributed by atoms with van der Waals surface area (Å²) in [5.41, 5.74) is 7.45. The fraction of sp³-hybridized carbons (Fsp3) is 0.400. The first-order chi connectivity index (χ1) is 7.88. The number of hydrogen-bond donors (Lipinski definition) is 2. The molecule has 86 valence electrons. The van der Waals surface area contributed by atoms with Gasteiger partial charge in [-0.3, -0.25) is 10.9 Å². The molecule has 1 aromatic carbocycles. The van der Waals surface area contributed by atoms with E-state index in [4.69, 9.17) is 0 Å². The van der Waals surface area contributed by atoms with Crippen LogP contribution in [0.1, 0.15) is 11.1 Å². The van der Waals surface area contributed by atoms with Gasteiger partial charge < -0.3 is 0 Å². The van der Waals surface area contributed by atoms with Crippen molar-refractivity contribution < 1.29 is 0 Å². The van der Waals surface area contributed by atoms with Crippen LogP contribution in [0, 0.1) is 0 Å². The van der Waals surface area contributed by atoms with E-state index in [1.165, 1.54) is 0 Å². The lowest BCUT2D eigenvalue weighted by Gasteiger charge is -2.02. The largest absolute Gasteiger partial charge is 0.295 e. The molecule has 1 aromatic rings. The molecule has 0 saturated carbocycles. The zero-order valence-electron chi connectivity index (χ0n) is 9.51. The molecule has 0 heterocycles. The van der Waals surface area contributed by atoms with Crippen molar-refractivity contribution in [3.8, 4) is 0 Å². The number of rotatable bonds is 6. The number of nitrogens with one attached hydrogen (secondary N) is 2. The van der Waals surface area contributed by atoms with Crippen LogP contribution in [0.25, 0.3) is 0 Å². The first kappa shape index (κ1) is 12.1. The lowest BCUT2D eigenvalue weighted by atomic mass is 10.1. The number of nitrogens with zero attached hydrogens (tertiary/aromatic N) is 4. The van der Waals surface area contributed by atoms with Crippen molar-refractivity contribution in [3.05, 3.63) is 35.4 Å². The molecule has 0 amide bonds. The Labute approximate surface area is 94.8 Å². The Hall–Kier alpha value is -1.98. The van der Waals surface area contributed by atoms with Gasteiger partial charge in [0.05, 0.1) is 13.1 Å². The standard InChI is InChI=1S/C10H16N6/c1-11-15-13-7-9-5-3-4-6-10(9)8-14-16-12-2/h3-6H,7-8H2,1-2H3,(H,11,13)(H,12,14). The van der Waals surface area contributed by atoms with Crippen LogP contribution in [0.15, 0.2) is 44.9 Å². The normalized spacial score (nSPS) is 11.1. The van der Waals surface area contributed by atoms with Gasteiger partial charge in [-0.25, -0.2) is 0 Å². The highest BCUT2D eigenvalue weighted by Crippen LogP contribution is 2.11. The summed E-state index contributed by atoms with van der Waals surface area (Å²) in [5.74, 6) is 0. The zero-order valence-corrected chi connectivity index (χ0v) is 9.51. The summed E-state index contributed by atoms with van der Waals surface area (Å²) in [6.45, 7) is 1.10. The summed E-state index contributed by atoms with van der Waals surface area (Å²) in [6.07, 6.45) is 0. The van der Waals surface area contributed by atoms with Gasteiger partial charge in [-0.05, 0) is 11.1 Å². The second-order valence-electron chi connectivity index (χ2n) is 3.01. The zero-order chi connectivity index (χ0) is 11.6. The molecule has 0 fully saturated rings. The van der Waals surface area contributed by atoms with E-state index in [-0.39, 0.29) is 0 Å². The van der Waals surface area contributed by atoms with Crippen LogP contribution < -0.4 is 10.9 Å². The van der Waals surface area contributed by atoms with Gasteiger partial charge >= 0.3 is 0 Å². The molecule has 16 heavy (non-hydrogen) atoms. The third-order valence-electron chi connectivity index (χ3n) is 1.94. The van der Waals surface area contributed by atoms with Crippen LogP contribution in [0.2, 0.25) is 0 Å². The van der Waals surface area contributed by atoms with E-state index in [1.54, 1.807) is 14.1 Å². The third-order valence-corrected chi connectivity index (χ3v) is 1.94.